The minimum Gasteiger partial charge on any atom is -0.436 e. The van der Waals surface area contributed by atoms with E-state index < -0.39 is 29.8 Å². The van der Waals surface area contributed by atoms with Crippen LogP contribution in [-0.4, -0.2) is 127 Å². The lowest BCUT2D eigenvalue weighted by atomic mass is 9.99. The fourth-order valence-electron chi connectivity index (χ4n) is 7.58. The van der Waals surface area contributed by atoms with Gasteiger partial charge < -0.3 is 35.0 Å². The Labute approximate surface area is 299 Å². The zero-order chi connectivity index (χ0) is 35.6. The fraction of sp³-hybridized carbons (Fsp3) is 0.618. The van der Waals surface area contributed by atoms with Crippen LogP contribution in [0.4, 0.5) is 34.1 Å². The SMILES string of the molecule is CNc1c(Cl)cc(C[C@@H](OC(=O)N2CCC(N3Cc4sccc4NC3=O)CC2)C(=O)N2CCC(N3CCCN(C)CC3)CC2)cc1C(F)(F)F. The summed E-state index contributed by atoms with van der Waals surface area (Å²) in [7, 11) is 3.48. The van der Waals surface area contributed by atoms with Crippen molar-refractivity contribution in [2.24, 2.45) is 0 Å². The predicted molar refractivity (Wildman–Crippen MR) is 187 cm³/mol. The lowest BCUT2D eigenvalue weighted by molar-refractivity contribution is -0.142. The van der Waals surface area contributed by atoms with Gasteiger partial charge in [-0.25, -0.2) is 9.59 Å². The molecule has 1 aromatic heterocycles. The number of benzene rings is 1. The third kappa shape index (κ3) is 8.27. The highest BCUT2D eigenvalue weighted by atomic mass is 35.5. The number of piperidine rings is 2. The molecule has 0 aliphatic carbocycles. The van der Waals surface area contributed by atoms with Crippen LogP contribution in [0, 0.1) is 0 Å². The van der Waals surface area contributed by atoms with E-state index >= 15 is 0 Å². The van der Waals surface area contributed by atoms with Crippen LogP contribution in [0.15, 0.2) is 23.6 Å². The van der Waals surface area contributed by atoms with Gasteiger partial charge in [-0.2, -0.15) is 13.2 Å². The Hall–Kier alpha value is -3.27. The van der Waals surface area contributed by atoms with Gasteiger partial charge in [0.2, 0.25) is 0 Å². The summed E-state index contributed by atoms with van der Waals surface area (Å²) >= 11 is 7.87. The zero-order valence-corrected chi connectivity index (χ0v) is 30.0. The number of hydrogen-bond acceptors (Lipinski definition) is 8. The summed E-state index contributed by atoms with van der Waals surface area (Å²) in [6.07, 6.45) is -3.34. The lowest BCUT2D eigenvalue weighted by Gasteiger charge is -2.40. The number of likely N-dealkylation sites (tertiary alicyclic amines) is 2. The predicted octanol–water partition coefficient (Wildman–Crippen LogP) is 5.65. The van der Waals surface area contributed by atoms with Gasteiger partial charge in [-0.15, -0.1) is 11.3 Å². The van der Waals surface area contributed by atoms with Crippen molar-refractivity contribution in [2.75, 3.05) is 77.1 Å². The minimum atomic E-state index is -4.70. The number of fused-ring (bicyclic) bond motifs is 1. The van der Waals surface area contributed by atoms with E-state index in [4.69, 9.17) is 16.3 Å². The average Bonchev–Trinajstić information content (AvgIpc) is 3.44. The summed E-state index contributed by atoms with van der Waals surface area (Å²) in [6, 6.07) is 4.32. The van der Waals surface area contributed by atoms with Crippen molar-refractivity contribution in [3.05, 3.63) is 44.6 Å². The monoisotopic (exact) mass is 739 g/mol. The van der Waals surface area contributed by atoms with Gasteiger partial charge in [0.15, 0.2) is 6.10 Å². The summed E-state index contributed by atoms with van der Waals surface area (Å²) < 4.78 is 47.9. The van der Waals surface area contributed by atoms with Crippen molar-refractivity contribution in [1.29, 1.82) is 0 Å². The van der Waals surface area contributed by atoms with E-state index in [0.717, 1.165) is 62.1 Å². The summed E-state index contributed by atoms with van der Waals surface area (Å²) in [5.41, 5.74) is -0.248. The Morgan fingerprint density at radius 2 is 1.72 bits per heavy atom. The highest BCUT2D eigenvalue weighted by Crippen LogP contribution is 2.40. The van der Waals surface area contributed by atoms with Gasteiger partial charge in [0.1, 0.15) is 0 Å². The third-order valence-corrected chi connectivity index (χ3v) is 11.6. The van der Waals surface area contributed by atoms with E-state index in [1.807, 2.05) is 11.4 Å². The topological polar surface area (TPSA) is 101 Å². The Balaban J connectivity index is 1.14. The normalized spacial score (nSPS) is 21.0. The molecule has 0 bridgehead atoms. The highest BCUT2D eigenvalue weighted by molar-refractivity contribution is 7.10. The molecule has 11 nitrogen and oxygen atoms in total. The lowest BCUT2D eigenvalue weighted by Crippen LogP contribution is -2.53. The molecule has 4 amide bonds. The van der Waals surface area contributed by atoms with Crippen LogP contribution >= 0.6 is 22.9 Å². The van der Waals surface area contributed by atoms with E-state index in [1.54, 1.807) is 21.1 Å². The molecule has 1 aromatic carbocycles. The van der Waals surface area contributed by atoms with E-state index in [-0.39, 0.29) is 34.8 Å². The Morgan fingerprint density at radius 3 is 2.42 bits per heavy atom. The molecule has 274 valence electrons. The van der Waals surface area contributed by atoms with Crippen LogP contribution < -0.4 is 10.6 Å². The molecule has 0 saturated carbocycles. The number of alkyl halides is 3. The number of hydrogen-bond donors (Lipinski definition) is 2. The van der Waals surface area contributed by atoms with Crippen molar-refractivity contribution in [1.82, 2.24) is 24.5 Å². The molecule has 4 aliphatic rings. The summed E-state index contributed by atoms with van der Waals surface area (Å²) in [4.78, 5) is 51.3. The maximum Gasteiger partial charge on any atom is 0.418 e. The van der Waals surface area contributed by atoms with E-state index in [9.17, 15) is 27.6 Å². The molecule has 4 aliphatic heterocycles. The van der Waals surface area contributed by atoms with Gasteiger partial charge in [0.25, 0.3) is 5.91 Å². The van der Waals surface area contributed by atoms with Crippen molar-refractivity contribution in [2.45, 2.75) is 69.4 Å². The summed E-state index contributed by atoms with van der Waals surface area (Å²) in [6.45, 7) is 6.06. The Bertz CT molecular complexity index is 1540. The molecular weight excluding hydrogens is 695 g/mol. The molecule has 0 radical (unpaired) electrons. The second-order valence-corrected chi connectivity index (χ2v) is 15.0. The maximum absolute atomic E-state index is 14.1. The molecule has 3 fully saturated rings. The van der Waals surface area contributed by atoms with Crippen LogP contribution in [0.3, 0.4) is 0 Å². The van der Waals surface area contributed by atoms with Crippen LogP contribution in [0.25, 0.3) is 0 Å². The Kier molecular flexibility index (Phi) is 11.4. The second kappa shape index (κ2) is 15.5. The van der Waals surface area contributed by atoms with E-state index in [1.165, 1.54) is 18.0 Å². The molecule has 3 saturated heterocycles. The molecule has 50 heavy (non-hydrogen) atoms. The number of anilines is 2. The number of likely N-dealkylation sites (N-methyl/N-ethyl adjacent to an activating group) is 1. The first-order valence-electron chi connectivity index (χ1n) is 17.3. The van der Waals surface area contributed by atoms with Gasteiger partial charge in [-0.1, -0.05) is 11.6 Å². The second-order valence-electron chi connectivity index (χ2n) is 13.6. The first-order chi connectivity index (χ1) is 23.9. The average molecular weight is 740 g/mol. The van der Waals surface area contributed by atoms with Crippen molar-refractivity contribution < 1.29 is 32.3 Å². The largest absolute Gasteiger partial charge is 0.436 e. The standard InChI is InChI=1S/C34H45ClF3N7O4S/c1-39-30-25(34(36,37)38)18-22(19-26(30)35)20-28(31(46)43-11-4-23(5-12-43)42-10-3-9-41(2)15-16-42)49-33(48)44-13-6-24(7-14-44)45-21-29-27(8-17-50-29)40-32(45)47/h8,17-19,23-24,28,39H,3-7,9-16,20-21H2,1-2H3,(H,40,47)/t28-/m1/s1. The van der Waals surface area contributed by atoms with Crippen LogP contribution in [0.1, 0.15) is 48.1 Å². The number of nitrogens with one attached hydrogen (secondary N) is 2. The van der Waals surface area contributed by atoms with Crippen molar-refractivity contribution in [3.63, 3.8) is 0 Å². The van der Waals surface area contributed by atoms with Gasteiger partial charge in [0.05, 0.1) is 28.5 Å². The molecule has 2 aromatic rings. The molecule has 1 atom stereocenters. The van der Waals surface area contributed by atoms with Crippen molar-refractivity contribution >= 4 is 52.3 Å². The van der Waals surface area contributed by atoms with E-state index in [2.05, 4.69) is 27.5 Å². The Morgan fingerprint density at radius 1 is 1.02 bits per heavy atom. The first kappa shape index (κ1) is 36.5. The van der Waals surface area contributed by atoms with Gasteiger partial charge in [0, 0.05) is 69.7 Å². The number of ether oxygens (including phenoxy) is 1. The summed E-state index contributed by atoms with van der Waals surface area (Å²) in [5, 5.41) is 7.24. The number of carbonyl (C=O) groups is 3. The highest BCUT2D eigenvalue weighted by Gasteiger charge is 2.39. The van der Waals surface area contributed by atoms with Gasteiger partial charge in [-0.05, 0) is 81.4 Å². The van der Waals surface area contributed by atoms with Crippen LogP contribution in [0.2, 0.25) is 5.02 Å². The van der Waals surface area contributed by atoms with Gasteiger partial charge in [-0.3, -0.25) is 9.69 Å². The number of halogens is 4. The van der Waals surface area contributed by atoms with Crippen molar-refractivity contribution in [3.8, 4) is 0 Å². The smallest absolute Gasteiger partial charge is 0.418 e. The van der Waals surface area contributed by atoms with Gasteiger partial charge >= 0.3 is 18.3 Å². The molecule has 0 spiro atoms. The number of rotatable bonds is 7. The summed E-state index contributed by atoms with van der Waals surface area (Å²) in [5.74, 6) is -0.429. The molecule has 2 N–H and O–H groups in total. The quantitative estimate of drug-likeness (QED) is 0.379. The number of thiophene rings is 1. The molecule has 0 unspecified atom stereocenters. The molecule has 16 heteroatoms. The maximum atomic E-state index is 14.1. The molecular formula is C34H45ClF3N7O4S. The molecule has 5 heterocycles. The number of urea groups is 1. The van der Waals surface area contributed by atoms with E-state index in [0.29, 0.717) is 51.6 Å². The number of nitrogens with zero attached hydrogens (tertiary/aromatic N) is 5. The zero-order valence-electron chi connectivity index (χ0n) is 28.4. The number of carbonyl (C=O) groups excluding carboxylic acids is 3. The van der Waals surface area contributed by atoms with Crippen LogP contribution in [0.5, 0.6) is 0 Å². The van der Waals surface area contributed by atoms with Crippen LogP contribution in [-0.2, 0) is 28.7 Å². The molecule has 6 rings (SSSR count). The third-order valence-electron chi connectivity index (χ3n) is 10.4. The fourth-order valence-corrected chi connectivity index (χ4v) is 8.74. The minimum absolute atomic E-state index is 0.0776. The first-order valence-corrected chi connectivity index (χ1v) is 18.5. The number of amides is 4.